The third-order valence-electron chi connectivity index (χ3n) is 5.84. The van der Waals surface area contributed by atoms with Crippen molar-refractivity contribution in [3.63, 3.8) is 0 Å². The van der Waals surface area contributed by atoms with Crippen molar-refractivity contribution in [2.75, 3.05) is 7.11 Å². The highest BCUT2D eigenvalue weighted by atomic mass is 79.9. The van der Waals surface area contributed by atoms with E-state index in [1.165, 1.54) is 4.31 Å². The first-order chi connectivity index (χ1) is 16.2. The number of hydrogen-bond donors (Lipinski definition) is 1. The highest BCUT2D eigenvalue weighted by molar-refractivity contribution is 9.10. The van der Waals surface area contributed by atoms with E-state index in [0.29, 0.717) is 15.8 Å². The summed E-state index contributed by atoms with van der Waals surface area (Å²) in [7, 11) is -2.35. The number of halogens is 1. The van der Waals surface area contributed by atoms with E-state index in [4.69, 9.17) is 4.74 Å². The molecule has 8 heteroatoms. The molecular weight excluding hydrogens is 516 g/mol. The number of nitrogens with zero attached hydrogens (tertiary/aromatic N) is 1. The van der Waals surface area contributed by atoms with Crippen LogP contribution in [0, 0.1) is 13.8 Å². The lowest BCUT2D eigenvalue weighted by Crippen LogP contribution is -2.32. The van der Waals surface area contributed by atoms with E-state index in [2.05, 4.69) is 20.9 Å². The van der Waals surface area contributed by atoms with Gasteiger partial charge in [-0.05, 0) is 76.8 Å². The Labute approximate surface area is 207 Å². The summed E-state index contributed by atoms with van der Waals surface area (Å²) in [5.74, 6) is 0.681. The van der Waals surface area contributed by atoms with Gasteiger partial charge in [0.1, 0.15) is 5.75 Å². The normalized spacial score (nSPS) is 11.8. The molecule has 6 nitrogen and oxygen atoms in total. The first-order valence-corrected chi connectivity index (χ1v) is 12.9. The van der Waals surface area contributed by atoms with Crippen LogP contribution in [0.2, 0.25) is 0 Å². The van der Waals surface area contributed by atoms with E-state index >= 15 is 0 Å². The maximum atomic E-state index is 13.7. The van der Waals surface area contributed by atoms with E-state index < -0.39 is 10.0 Å². The number of methoxy groups -OCH3 is 1. The van der Waals surface area contributed by atoms with Gasteiger partial charge in [-0.15, -0.1) is 0 Å². The second kappa shape index (κ2) is 9.74. The molecular formula is C26H25BrN2O4S. The van der Waals surface area contributed by atoms with Crippen LogP contribution in [0.25, 0.3) is 10.9 Å². The van der Waals surface area contributed by atoms with Gasteiger partial charge in [0.15, 0.2) is 0 Å². The summed E-state index contributed by atoms with van der Waals surface area (Å²) < 4.78 is 34.5. The molecule has 0 spiro atoms. The maximum Gasteiger partial charge on any atom is 0.252 e. The molecule has 3 aromatic carbocycles. The monoisotopic (exact) mass is 540 g/mol. The van der Waals surface area contributed by atoms with Gasteiger partial charge in [0.2, 0.25) is 10.0 Å². The van der Waals surface area contributed by atoms with Crippen LogP contribution in [0.1, 0.15) is 22.3 Å². The van der Waals surface area contributed by atoms with Crippen LogP contribution in [0.4, 0.5) is 0 Å². The summed E-state index contributed by atoms with van der Waals surface area (Å²) in [5, 5.41) is 0.900. The third-order valence-corrected chi connectivity index (χ3v) is 8.64. The number of fused-ring (bicyclic) bond motifs is 1. The molecule has 34 heavy (non-hydrogen) atoms. The van der Waals surface area contributed by atoms with Gasteiger partial charge in [-0.3, -0.25) is 4.79 Å². The Hall–Kier alpha value is -2.94. The number of sulfonamides is 1. The topological polar surface area (TPSA) is 79.5 Å². The molecule has 0 aliphatic rings. The molecule has 0 saturated heterocycles. The van der Waals surface area contributed by atoms with Crippen LogP contribution in [0.3, 0.4) is 0 Å². The van der Waals surface area contributed by atoms with Gasteiger partial charge in [0.25, 0.3) is 5.56 Å². The van der Waals surface area contributed by atoms with E-state index in [9.17, 15) is 13.2 Å². The number of benzene rings is 3. The summed E-state index contributed by atoms with van der Waals surface area (Å²) in [5.41, 5.74) is 3.59. The first kappa shape index (κ1) is 24.2. The van der Waals surface area contributed by atoms with Crippen LogP contribution < -0.4 is 10.3 Å². The van der Waals surface area contributed by atoms with E-state index in [0.717, 1.165) is 27.6 Å². The number of H-pyrrole nitrogens is 1. The smallest absolute Gasteiger partial charge is 0.252 e. The Morgan fingerprint density at radius 1 is 0.941 bits per heavy atom. The van der Waals surface area contributed by atoms with Gasteiger partial charge in [-0.2, -0.15) is 4.31 Å². The van der Waals surface area contributed by atoms with Gasteiger partial charge in [0.05, 0.1) is 17.5 Å². The molecule has 4 aromatic rings. The average Bonchev–Trinajstić information content (AvgIpc) is 2.82. The van der Waals surface area contributed by atoms with Crippen LogP contribution >= 0.6 is 15.9 Å². The molecule has 1 heterocycles. The van der Waals surface area contributed by atoms with Gasteiger partial charge in [-0.1, -0.05) is 36.4 Å². The van der Waals surface area contributed by atoms with Gasteiger partial charge in [0, 0.05) is 28.5 Å². The number of aromatic amines is 1. The number of aryl methyl sites for hydroxylation is 2. The second-order valence-corrected chi connectivity index (χ2v) is 10.9. The first-order valence-electron chi connectivity index (χ1n) is 10.7. The zero-order chi connectivity index (χ0) is 24.5. The van der Waals surface area contributed by atoms with Crippen molar-refractivity contribution in [2.24, 2.45) is 0 Å². The average molecular weight is 541 g/mol. The predicted molar refractivity (Wildman–Crippen MR) is 138 cm³/mol. The maximum absolute atomic E-state index is 13.7. The van der Waals surface area contributed by atoms with Crippen molar-refractivity contribution >= 4 is 36.9 Å². The zero-order valence-electron chi connectivity index (χ0n) is 19.1. The Morgan fingerprint density at radius 2 is 1.62 bits per heavy atom. The molecule has 0 aliphatic heterocycles. The lowest BCUT2D eigenvalue weighted by Gasteiger charge is -2.23. The summed E-state index contributed by atoms with van der Waals surface area (Å²) in [6.45, 7) is 3.92. The third kappa shape index (κ3) is 4.80. The standard InChI is InChI=1S/C26H25BrN2O4S/c1-17-8-9-18(2)25-22(17)14-20(26(30)28-25)16-29(15-19-10-12-21(33-3)13-11-19)34(31,32)24-7-5-4-6-23(24)27/h4-14H,15-16H2,1-3H3,(H,28,30). The lowest BCUT2D eigenvalue weighted by molar-refractivity contribution is 0.398. The Morgan fingerprint density at radius 3 is 2.29 bits per heavy atom. The van der Waals surface area contributed by atoms with E-state index in [-0.39, 0.29) is 23.5 Å². The minimum Gasteiger partial charge on any atom is -0.497 e. The Bertz CT molecular complexity index is 1510. The zero-order valence-corrected chi connectivity index (χ0v) is 21.5. The molecule has 1 aromatic heterocycles. The van der Waals surface area contributed by atoms with Crippen molar-refractivity contribution < 1.29 is 13.2 Å². The summed E-state index contributed by atoms with van der Waals surface area (Å²) in [4.78, 5) is 16.1. The molecule has 0 bridgehead atoms. The summed E-state index contributed by atoms with van der Waals surface area (Å²) in [6, 6.07) is 19.6. The molecule has 0 atom stereocenters. The number of aromatic nitrogens is 1. The molecule has 176 valence electrons. The predicted octanol–water partition coefficient (Wildman–Crippen LogP) is 5.31. The fraction of sp³-hybridized carbons (Fsp3) is 0.192. The summed E-state index contributed by atoms with van der Waals surface area (Å²) in [6.07, 6.45) is 0. The quantitative estimate of drug-likeness (QED) is 0.344. The van der Waals surface area contributed by atoms with Crippen molar-refractivity contribution in [2.45, 2.75) is 31.8 Å². The molecule has 0 aliphatic carbocycles. The van der Waals surface area contributed by atoms with Gasteiger partial charge < -0.3 is 9.72 Å². The minimum atomic E-state index is -3.93. The van der Waals surface area contributed by atoms with E-state index in [1.807, 2.05) is 38.1 Å². The van der Waals surface area contributed by atoms with Gasteiger partial charge >= 0.3 is 0 Å². The molecule has 0 amide bonds. The Kier molecular flexibility index (Phi) is 6.93. The van der Waals surface area contributed by atoms with Crippen molar-refractivity contribution in [3.05, 3.63) is 104 Å². The van der Waals surface area contributed by atoms with Crippen molar-refractivity contribution in [1.29, 1.82) is 0 Å². The summed E-state index contributed by atoms with van der Waals surface area (Å²) >= 11 is 3.36. The van der Waals surface area contributed by atoms with Crippen LogP contribution in [0.5, 0.6) is 5.75 Å². The molecule has 0 saturated carbocycles. The highest BCUT2D eigenvalue weighted by Crippen LogP contribution is 2.28. The van der Waals surface area contributed by atoms with Crippen LogP contribution in [-0.2, 0) is 23.1 Å². The van der Waals surface area contributed by atoms with Crippen LogP contribution in [0.15, 0.2) is 80.9 Å². The number of hydrogen-bond acceptors (Lipinski definition) is 4. The SMILES string of the molecule is COc1ccc(CN(Cc2cc3c(C)ccc(C)c3[nH]c2=O)S(=O)(=O)c2ccccc2Br)cc1. The largest absolute Gasteiger partial charge is 0.497 e. The minimum absolute atomic E-state index is 0.0750. The van der Waals surface area contributed by atoms with Crippen molar-refractivity contribution in [1.82, 2.24) is 9.29 Å². The molecule has 0 radical (unpaired) electrons. The van der Waals surface area contributed by atoms with Crippen LogP contribution in [-0.4, -0.2) is 24.8 Å². The fourth-order valence-corrected chi connectivity index (χ4v) is 6.25. The molecule has 4 rings (SSSR count). The van der Waals surface area contributed by atoms with Crippen molar-refractivity contribution in [3.8, 4) is 5.75 Å². The molecule has 0 unspecified atom stereocenters. The Balaban J connectivity index is 1.81. The van der Waals surface area contributed by atoms with E-state index in [1.54, 1.807) is 49.6 Å². The fourth-order valence-electron chi connectivity index (χ4n) is 3.88. The molecule has 1 N–H and O–H groups in total. The number of nitrogens with one attached hydrogen (secondary N) is 1. The molecule has 0 fully saturated rings. The highest BCUT2D eigenvalue weighted by Gasteiger charge is 2.28. The number of rotatable bonds is 7. The lowest BCUT2D eigenvalue weighted by atomic mass is 10.0. The number of pyridine rings is 1. The second-order valence-electron chi connectivity index (χ2n) is 8.16. The van der Waals surface area contributed by atoms with Gasteiger partial charge in [-0.25, -0.2) is 8.42 Å². The number of ether oxygens (including phenoxy) is 1.